The Kier molecular flexibility index (Phi) is 4.65. The summed E-state index contributed by atoms with van der Waals surface area (Å²) in [6.07, 6.45) is 2.85. The Bertz CT molecular complexity index is 633. The number of nitriles is 1. The van der Waals surface area contributed by atoms with Gasteiger partial charge in [0.15, 0.2) is 0 Å². The zero-order chi connectivity index (χ0) is 17.2. The molecule has 2 heterocycles. The van der Waals surface area contributed by atoms with Crippen LogP contribution in [-0.4, -0.2) is 40.8 Å². The molecule has 2 aliphatic rings. The summed E-state index contributed by atoms with van der Waals surface area (Å²) in [5.74, 6) is -2.62. The van der Waals surface area contributed by atoms with Crippen LogP contribution in [0.1, 0.15) is 37.7 Å². The molecule has 1 unspecified atom stereocenters. The molecule has 3 rings (SSSR count). The number of nitrogens with one attached hydrogen (secondary N) is 1. The van der Waals surface area contributed by atoms with E-state index in [1.807, 2.05) is 6.07 Å². The topological polar surface area (TPSA) is 69.0 Å². The first kappa shape index (κ1) is 16.6. The SMILES string of the molecule is N#Cc1ccc(NC2CCN(C(=O)C3CCC(F)(F)C3)CC2)nc1. The van der Waals surface area contributed by atoms with Crippen LogP contribution in [0.3, 0.4) is 0 Å². The number of piperidine rings is 1. The van der Waals surface area contributed by atoms with Gasteiger partial charge >= 0.3 is 0 Å². The maximum atomic E-state index is 13.3. The number of alkyl halides is 2. The van der Waals surface area contributed by atoms with E-state index in [1.54, 1.807) is 17.0 Å². The van der Waals surface area contributed by atoms with Crippen molar-refractivity contribution in [1.29, 1.82) is 5.26 Å². The second-order valence-electron chi connectivity index (χ2n) is 6.58. The minimum atomic E-state index is -2.68. The molecule has 1 saturated heterocycles. The fraction of sp³-hybridized carbons (Fsp3) is 0.588. The third-order valence-corrected chi connectivity index (χ3v) is 4.80. The highest BCUT2D eigenvalue weighted by Gasteiger charge is 2.44. The van der Waals surface area contributed by atoms with Crippen LogP contribution in [0.4, 0.5) is 14.6 Å². The van der Waals surface area contributed by atoms with Crippen molar-refractivity contribution in [1.82, 2.24) is 9.88 Å². The summed E-state index contributed by atoms with van der Waals surface area (Å²) >= 11 is 0. The number of likely N-dealkylation sites (tertiary alicyclic amines) is 1. The Morgan fingerprint density at radius 2 is 2.08 bits per heavy atom. The van der Waals surface area contributed by atoms with Gasteiger partial charge < -0.3 is 10.2 Å². The van der Waals surface area contributed by atoms with Gasteiger partial charge in [-0.1, -0.05) is 0 Å². The molecule has 7 heteroatoms. The lowest BCUT2D eigenvalue weighted by Gasteiger charge is -2.34. The minimum Gasteiger partial charge on any atom is -0.367 e. The summed E-state index contributed by atoms with van der Waals surface area (Å²) < 4.78 is 26.5. The van der Waals surface area contributed by atoms with Crippen molar-refractivity contribution in [2.45, 2.75) is 44.1 Å². The second-order valence-corrected chi connectivity index (χ2v) is 6.58. The Morgan fingerprint density at radius 3 is 2.62 bits per heavy atom. The second kappa shape index (κ2) is 6.71. The fourth-order valence-electron chi connectivity index (χ4n) is 3.42. The molecule has 0 spiro atoms. The van der Waals surface area contributed by atoms with Crippen molar-refractivity contribution in [2.24, 2.45) is 5.92 Å². The highest BCUT2D eigenvalue weighted by Crippen LogP contribution is 2.39. The van der Waals surface area contributed by atoms with Crippen molar-refractivity contribution in [2.75, 3.05) is 18.4 Å². The predicted octanol–water partition coefficient (Wildman–Crippen LogP) is 2.79. The molecule has 1 aliphatic heterocycles. The number of rotatable bonds is 3. The molecular formula is C17H20F2N4O. The summed E-state index contributed by atoms with van der Waals surface area (Å²) in [6, 6.07) is 5.68. The predicted molar refractivity (Wildman–Crippen MR) is 84.5 cm³/mol. The standard InChI is InChI=1S/C17H20F2N4O/c18-17(19)6-3-13(9-17)16(24)23-7-4-14(5-8-23)22-15-2-1-12(10-20)11-21-15/h1-2,11,13-14H,3-9H2,(H,21,22). The quantitative estimate of drug-likeness (QED) is 0.923. The minimum absolute atomic E-state index is 0.123. The first-order chi connectivity index (χ1) is 11.5. The van der Waals surface area contributed by atoms with Gasteiger partial charge in [-0.3, -0.25) is 4.79 Å². The molecule has 2 fully saturated rings. The summed E-state index contributed by atoms with van der Waals surface area (Å²) in [5, 5.41) is 12.1. The maximum Gasteiger partial charge on any atom is 0.248 e. The Hall–Kier alpha value is -2.23. The average molecular weight is 334 g/mol. The van der Waals surface area contributed by atoms with Crippen LogP contribution in [0.15, 0.2) is 18.3 Å². The van der Waals surface area contributed by atoms with E-state index in [0.29, 0.717) is 30.9 Å². The summed E-state index contributed by atoms with van der Waals surface area (Å²) in [7, 11) is 0. The Balaban J connectivity index is 1.48. The number of hydrogen-bond acceptors (Lipinski definition) is 4. The molecule has 1 N–H and O–H groups in total. The molecule has 0 aromatic carbocycles. The van der Waals surface area contributed by atoms with Crippen molar-refractivity contribution < 1.29 is 13.6 Å². The number of carbonyl (C=O) groups excluding carboxylic acids is 1. The third kappa shape index (κ3) is 3.81. The molecule has 1 aliphatic carbocycles. The molecule has 1 aromatic rings. The van der Waals surface area contributed by atoms with Crippen molar-refractivity contribution in [3.8, 4) is 6.07 Å². The summed E-state index contributed by atoms with van der Waals surface area (Å²) in [6.45, 7) is 1.16. The van der Waals surface area contributed by atoms with Gasteiger partial charge in [0.25, 0.3) is 0 Å². The maximum absolute atomic E-state index is 13.3. The number of aromatic nitrogens is 1. The van der Waals surface area contributed by atoms with Crippen LogP contribution < -0.4 is 5.32 Å². The zero-order valence-corrected chi connectivity index (χ0v) is 13.3. The molecule has 0 bridgehead atoms. The van der Waals surface area contributed by atoms with Crippen LogP contribution >= 0.6 is 0 Å². The van der Waals surface area contributed by atoms with Crippen LogP contribution in [-0.2, 0) is 4.79 Å². The molecular weight excluding hydrogens is 314 g/mol. The number of amides is 1. The number of halogens is 2. The van der Waals surface area contributed by atoms with Crippen LogP contribution in [0.2, 0.25) is 0 Å². The molecule has 1 atom stereocenters. The van der Waals surface area contributed by atoms with Gasteiger partial charge in [-0.05, 0) is 31.4 Å². The van der Waals surface area contributed by atoms with Crippen LogP contribution in [0.5, 0.6) is 0 Å². The Morgan fingerprint density at radius 1 is 1.33 bits per heavy atom. The van der Waals surface area contributed by atoms with Gasteiger partial charge in [0.2, 0.25) is 11.8 Å². The van der Waals surface area contributed by atoms with E-state index in [1.165, 1.54) is 6.20 Å². The highest BCUT2D eigenvalue weighted by atomic mass is 19.3. The van der Waals surface area contributed by atoms with Crippen molar-refractivity contribution in [3.05, 3.63) is 23.9 Å². The number of nitrogens with zero attached hydrogens (tertiary/aromatic N) is 3. The van der Waals surface area contributed by atoms with Gasteiger partial charge in [0, 0.05) is 44.1 Å². The van der Waals surface area contributed by atoms with E-state index >= 15 is 0 Å². The first-order valence-corrected chi connectivity index (χ1v) is 8.26. The lowest BCUT2D eigenvalue weighted by molar-refractivity contribution is -0.137. The monoisotopic (exact) mass is 334 g/mol. The first-order valence-electron chi connectivity index (χ1n) is 8.26. The molecule has 1 amide bonds. The number of pyridine rings is 1. The fourth-order valence-corrected chi connectivity index (χ4v) is 3.42. The van der Waals surface area contributed by atoms with Crippen molar-refractivity contribution >= 4 is 11.7 Å². The average Bonchev–Trinajstić information content (AvgIpc) is 2.95. The number of carbonyl (C=O) groups is 1. The largest absolute Gasteiger partial charge is 0.367 e. The van der Waals surface area contributed by atoms with Crippen molar-refractivity contribution in [3.63, 3.8) is 0 Å². The van der Waals surface area contributed by atoms with Gasteiger partial charge in [-0.15, -0.1) is 0 Å². The zero-order valence-electron chi connectivity index (χ0n) is 13.3. The number of anilines is 1. The van der Waals surface area contributed by atoms with Gasteiger partial charge in [0.1, 0.15) is 11.9 Å². The molecule has 1 aromatic heterocycles. The molecule has 5 nitrogen and oxygen atoms in total. The van der Waals surface area contributed by atoms with E-state index in [0.717, 1.165) is 12.8 Å². The van der Waals surface area contributed by atoms with E-state index < -0.39 is 11.8 Å². The van der Waals surface area contributed by atoms with Gasteiger partial charge in [-0.25, -0.2) is 13.8 Å². The normalized spacial score (nSPS) is 23.7. The molecule has 24 heavy (non-hydrogen) atoms. The highest BCUT2D eigenvalue weighted by molar-refractivity contribution is 5.79. The smallest absolute Gasteiger partial charge is 0.248 e. The van der Waals surface area contributed by atoms with Crippen LogP contribution in [0.25, 0.3) is 0 Å². The molecule has 1 saturated carbocycles. The van der Waals surface area contributed by atoms with Crippen LogP contribution in [0, 0.1) is 17.2 Å². The van der Waals surface area contributed by atoms with E-state index in [-0.39, 0.29) is 24.8 Å². The third-order valence-electron chi connectivity index (χ3n) is 4.80. The molecule has 128 valence electrons. The van der Waals surface area contributed by atoms with E-state index in [2.05, 4.69) is 10.3 Å². The number of hydrogen-bond donors (Lipinski definition) is 1. The van der Waals surface area contributed by atoms with Gasteiger partial charge in [0.05, 0.1) is 5.56 Å². The molecule has 0 radical (unpaired) electrons. The Labute approximate surface area is 139 Å². The van der Waals surface area contributed by atoms with E-state index in [4.69, 9.17) is 5.26 Å². The van der Waals surface area contributed by atoms with Gasteiger partial charge in [-0.2, -0.15) is 5.26 Å². The lowest BCUT2D eigenvalue weighted by Crippen LogP contribution is -2.44. The lowest BCUT2D eigenvalue weighted by atomic mass is 10.0. The summed E-state index contributed by atoms with van der Waals surface area (Å²) in [4.78, 5) is 18.3. The van der Waals surface area contributed by atoms with E-state index in [9.17, 15) is 13.6 Å². The summed E-state index contributed by atoms with van der Waals surface area (Å²) in [5.41, 5.74) is 0.509.